The van der Waals surface area contributed by atoms with Gasteiger partial charge in [-0.1, -0.05) is 0 Å². The van der Waals surface area contributed by atoms with Gasteiger partial charge >= 0.3 is 0 Å². The smallest absolute Gasteiger partial charge is 0.272 e. The van der Waals surface area contributed by atoms with E-state index >= 15 is 0 Å². The number of aromatic amines is 1. The highest BCUT2D eigenvalue weighted by molar-refractivity contribution is 5.79. The fourth-order valence-electron chi connectivity index (χ4n) is 3.32. The molecule has 1 fully saturated rings. The second-order valence-electron chi connectivity index (χ2n) is 6.59. The van der Waals surface area contributed by atoms with Crippen LogP contribution in [-0.2, 0) is 9.53 Å². The molecule has 7 nitrogen and oxygen atoms in total. The first-order valence-electron chi connectivity index (χ1n) is 8.40. The van der Waals surface area contributed by atoms with Crippen molar-refractivity contribution in [3.8, 4) is 0 Å². The summed E-state index contributed by atoms with van der Waals surface area (Å²) in [4.78, 5) is 29.1. The number of methoxy groups -OCH3 is 1. The van der Waals surface area contributed by atoms with Crippen LogP contribution in [0.3, 0.4) is 0 Å². The van der Waals surface area contributed by atoms with Crippen LogP contribution < -0.4 is 10.9 Å². The third kappa shape index (κ3) is 3.36. The SMILES string of the molecule is COC1CCC(C(=O)NC(C)c2cc(=O)n3[nH]c(C)cc3n2)CC1. The summed E-state index contributed by atoms with van der Waals surface area (Å²) in [5.41, 5.74) is 1.84. The summed E-state index contributed by atoms with van der Waals surface area (Å²) < 4.78 is 6.75. The standard InChI is InChI=1S/C17H24N4O3/c1-10-8-15-19-14(9-16(22)21(15)20-10)11(2)18-17(23)12-4-6-13(24-3)7-5-12/h8-9,11-13,20H,4-7H2,1-3H3,(H,18,23). The number of fused-ring (bicyclic) bond motifs is 1. The molecule has 1 saturated carbocycles. The largest absolute Gasteiger partial charge is 0.381 e. The Morgan fingerprint density at radius 3 is 2.75 bits per heavy atom. The lowest BCUT2D eigenvalue weighted by atomic mass is 9.86. The van der Waals surface area contributed by atoms with Crippen LogP contribution in [0.2, 0.25) is 0 Å². The van der Waals surface area contributed by atoms with Gasteiger partial charge in [-0.25, -0.2) is 9.50 Å². The minimum absolute atomic E-state index is 0.0122. The third-order valence-electron chi connectivity index (χ3n) is 4.78. The van der Waals surface area contributed by atoms with Crippen molar-refractivity contribution in [1.29, 1.82) is 0 Å². The van der Waals surface area contributed by atoms with Gasteiger partial charge in [-0.15, -0.1) is 0 Å². The molecule has 0 bridgehead atoms. The highest BCUT2D eigenvalue weighted by Gasteiger charge is 2.27. The number of carbonyl (C=O) groups is 1. The normalized spacial score (nSPS) is 22.5. The van der Waals surface area contributed by atoms with Crippen molar-refractivity contribution in [2.45, 2.75) is 51.7 Å². The molecule has 0 radical (unpaired) electrons. The first kappa shape index (κ1) is 16.7. The molecule has 2 aromatic rings. The van der Waals surface area contributed by atoms with E-state index in [0.717, 1.165) is 31.4 Å². The van der Waals surface area contributed by atoms with E-state index in [2.05, 4.69) is 15.4 Å². The van der Waals surface area contributed by atoms with Crippen molar-refractivity contribution in [3.63, 3.8) is 0 Å². The average molecular weight is 332 g/mol. The number of amides is 1. The fraction of sp³-hybridized carbons (Fsp3) is 0.588. The van der Waals surface area contributed by atoms with Gasteiger partial charge in [0.15, 0.2) is 5.65 Å². The lowest BCUT2D eigenvalue weighted by molar-refractivity contribution is -0.127. The van der Waals surface area contributed by atoms with Gasteiger partial charge in [0.1, 0.15) is 0 Å². The predicted molar refractivity (Wildman–Crippen MR) is 89.9 cm³/mol. The third-order valence-corrected chi connectivity index (χ3v) is 4.78. The highest BCUT2D eigenvalue weighted by atomic mass is 16.5. The Morgan fingerprint density at radius 1 is 1.38 bits per heavy atom. The van der Waals surface area contributed by atoms with Crippen LogP contribution in [-0.4, -0.2) is 33.7 Å². The van der Waals surface area contributed by atoms with Crippen molar-refractivity contribution < 1.29 is 9.53 Å². The van der Waals surface area contributed by atoms with Gasteiger partial charge in [0.2, 0.25) is 5.91 Å². The summed E-state index contributed by atoms with van der Waals surface area (Å²) in [6.07, 6.45) is 3.77. The summed E-state index contributed by atoms with van der Waals surface area (Å²) >= 11 is 0. The van der Waals surface area contributed by atoms with Crippen molar-refractivity contribution in [1.82, 2.24) is 19.9 Å². The Bertz CT molecular complexity index is 787. The molecule has 2 heterocycles. The van der Waals surface area contributed by atoms with Crippen LogP contribution in [0.25, 0.3) is 5.65 Å². The molecule has 1 amide bonds. The Labute approximate surface area is 140 Å². The van der Waals surface area contributed by atoms with Gasteiger partial charge in [0.05, 0.1) is 17.8 Å². The number of aryl methyl sites for hydroxylation is 1. The molecule has 1 atom stereocenters. The number of hydrogen-bond acceptors (Lipinski definition) is 4. The molecule has 7 heteroatoms. The van der Waals surface area contributed by atoms with E-state index in [1.165, 1.54) is 10.6 Å². The molecular formula is C17H24N4O3. The average Bonchev–Trinajstić information content (AvgIpc) is 2.95. The van der Waals surface area contributed by atoms with E-state index in [-0.39, 0.29) is 29.5 Å². The second kappa shape index (κ2) is 6.76. The molecule has 1 aliphatic rings. The molecule has 1 aliphatic carbocycles. The molecule has 1 unspecified atom stereocenters. The topological polar surface area (TPSA) is 88.5 Å². The second-order valence-corrected chi connectivity index (χ2v) is 6.59. The quantitative estimate of drug-likeness (QED) is 0.892. The number of H-pyrrole nitrogens is 1. The predicted octanol–water partition coefficient (Wildman–Crippen LogP) is 1.71. The Hall–Kier alpha value is -2.15. The van der Waals surface area contributed by atoms with Crippen LogP contribution in [0.1, 0.15) is 50.0 Å². The molecular weight excluding hydrogens is 308 g/mol. The van der Waals surface area contributed by atoms with Crippen molar-refractivity contribution in [2.75, 3.05) is 7.11 Å². The van der Waals surface area contributed by atoms with Crippen LogP contribution in [0.4, 0.5) is 0 Å². The maximum Gasteiger partial charge on any atom is 0.272 e. The summed E-state index contributed by atoms with van der Waals surface area (Å²) in [6.45, 7) is 3.73. The highest BCUT2D eigenvalue weighted by Crippen LogP contribution is 2.26. The van der Waals surface area contributed by atoms with Gasteiger partial charge in [-0.3, -0.25) is 14.7 Å². The van der Waals surface area contributed by atoms with Crippen molar-refractivity contribution in [3.05, 3.63) is 33.9 Å². The van der Waals surface area contributed by atoms with Crippen LogP contribution in [0.5, 0.6) is 0 Å². The first-order chi connectivity index (χ1) is 11.5. The Kier molecular flexibility index (Phi) is 4.71. The zero-order valence-corrected chi connectivity index (χ0v) is 14.3. The van der Waals surface area contributed by atoms with Crippen molar-refractivity contribution >= 4 is 11.6 Å². The molecule has 24 heavy (non-hydrogen) atoms. The van der Waals surface area contributed by atoms with Crippen LogP contribution in [0.15, 0.2) is 16.9 Å². The number of nitrogens with one attached hydrogen (secondary N) is 2. The molecule has 0 aromatic carbocycles. The van der Waals surface area contributed by atoms with E-state index in [0.29, 0.717) is 11.3 Å². The van der Waals surface area contributed by atoms with E-state index in [9.17, 15) is 9.59 Å². The minimum atomic E-state index is -0.300. The molecule has 0 saturated heterocycles. The lowest BCUT2D eigenvalue weighted by Gasteiger charge is -2.27. The zero-order valence-electron chi connectivity index (χ0n) is 14.3. The fourth-order valence-corrected chi connectivity index (χ4v) is 3.32. The van der Waals surface area contributed by atoms with E-state index < -0.39 is 0 Å². The summed E-state index contributed by atoms with van der Waals surface area (Å²) in [7, 11) is 1.72. The molecule has 2 aromatic heterocycles. The number of carbonyl (C=O) groups excluding carboxylic acids is 1. The van der Waals surface area contributed by atoms with E-state index in [1.807, 2.05) is 19.9 Å². The number of nitrogens with zero attached hydrogens (tertiary/aromatic N) is 2. The maximum atomic E-state index is 12.5. The molecule has 2 N–H and O–H groups in total. The van der Waals surface area contributed by atoms with Gasteiger partial charge in [-0.2, -0.15) is 0 Å². The minimum Gasteiger partial charge on any atom is -0.381 e. The zero-order chi connectivity index (χ0) is 17.3. The number of rotatable bonds is 4. The van der Waals surface area contributed by atoms with Gasteiger partial charge in [0, 0.05) is 30.9 Å². The molecule has 130 valence electrons. The Balaban J connectivity index is 1.69. The molecule has 0 aliphatic heterocycles. The summed E-state index contributed by atoms with van der Waals surface area (Å²) in [5.74, 6) is 0.0440. The summed E-state index contributed by atoms with van der Waals surface area (Å²) in [5, 5.41) is 5.93. The first-order valence-corrected chi connectivity index (χ1v) is 8.40. The van der Waals surface area contributed by atoms with Crippen LogP contribution >= 0.6 is 0 Å². The molecule has 3 rings (SSSR count). The lowest BCUT2D eigenvalue weighted by Crippen LogP contribution is -2.36. The van der Waals surface area contributed by atoms with Crippen molar-refractivity contribution in [2.24, 2.45) is 5.92 Å². The Morgan fingerprint density at radius 2 is 2.08 bits per heavy atom. The van der Waals surface area contributed by atoms with Crippen LogP contribution in [0, 0.1) is 12.8 Å². The summed E-state index contributed by atoms with van der Waals surface area (Å²) in [6, 6.07) is 2.98. The van der Waals surface area contributed by atoms with Gasteiger partial charge < -0.3 is 10.1 Å². The number of ether oxygens (including phenoxy) is 1. The van der Waals surface area contributed by atoms with Gasteiger partial charge in [0.25, 0.3) is 5.56 Å². The van der Waals surface area contributed by atoms with Gasteiger partial charge in [-0.05, 0) is 39.5 Å². The monoisotopic (exact) mass is 332 g/mol. The van der Waals surface area contributed by atoms with E-state index in [1.54, 1.807) is 7.11 Å². The molecule has 0 spiro atoms. The number of hydrogen-bond donors (Lipinski definition) is 2. The van der Waals surface area contributed by atoms with E-state index in [4.69, 9.17) is 4.74 Å². The maximum absolute atomic E-state index is 12.5. The number of aromatic nitrogens is 3.